The van der Waals surface area contributed by atoms with Crippen molar-refractivity contribution in [1.82, 2.24) is 0 Å². The first-order chi connectivity index (χ1) is 10.5. The molecule has 0 nitrogen and oxygen atoms in total. The molecule has 0 bridgehead atoms. The van der Waals surface area contributed by atoms with Crippen molar-refractivity contribution >= 4 is 64.5 Å². The summed E-state index contributed by atoms with van der Waals surface area (Å²) in [7, 11) is -4.42. The predicted molar refractivity (Wildman–Crippen MR) is 120 cm³/mol. The monoisotopic (exact) mass is 484 g/mol. The molecule has 0 heterocycles. The van der Waals surface area contributed by atoms with Crippen LogP contribution in [-0.2, 0) is 0 Å². The fourth-order valence-electron chi connectivity index (χ4n) is 3.24. The molecule has 0 unspecified atom stereocenters. The Morgan fingerprint density at radius 3 is 1.04 bits per heavy atom. The van der Waals surface area contributed by atoms with E-state index in [0.717, 1.165) is 0 Å². The van der Waals surface area contributed by atoms with Gasteiger partial charge in [-0.2, -0.15) is 0 Å². The minimum absolute atomic E-state index is 1.18. The van der Waals surface area contributed by atoms with Gasteiger partial charge < -0.3 is 0 Å². The lowest BCUT2D eigenvalue weighted by atomic mass is 10.4. The highest BCUT2D eigenvalue weighted by molar-refractivity contribution is 9.10. The van der Waals surface area contributed by atoms with E-state index in [1.807, 2.05) is 0 Å². The second-order valence-electron chi connectivity index (χ2n) is 7.89. The Balaban J connectivity index is 2.49. The number of halogens is 2. The molecule has 124 valence electrons. The first-order valence-electron chi connectivity index (χ1n) is 8.02. The Bertz CT molecular complexity index is 615. The molecule has 23 heavy (non-hydrogen) atoms. The highest BCUT2D eigenvalue weighted by atomic mass is 79.9. The second kappa shape index (κ2) is 6.75. The summed E-state index contributed by atoms with van der Waals surface area (Å²) in [5, 5.41) is 3.21. The Kier molecular flexibility index (Phi) is 5.69. The molecule has 0 aromatic heterocycles. The van der Waals surface area contributed by atoms with Gasteiger partial charge in [-0.1, -0.05) is 106 Å². The van der Waals surface area contributed by atoms with Crippen LogP contribution in [0, 0.1) is 0 Å². The molecule has 0 radical (unpaired) electrons. The molecule has 0 atom stereocenters. The fourth-order valence-corrected chi connectivity index (χ4v) is 35.4. The summed E-state index contributed by atoms with van der Waals surface area (Å²) in [6.07, 6.45) is 0. The second-order valence-corrected chi connectivity index (χ2v) is 37.1. The minimum Gasteiger partial charge on any atom is -0.0725 e. The molecule has 0 N–H and O–H groups in total. The van der Waals surface area contributed by atoms with Gasteiger partial charge in [0.05, 0.1) is 15.2 Å². The number of hydrogen-bond acceptors (Lipinski definition) is 0. The van der Waals surface area contributed by atoms with Crippen LogP contribution in [0.25, 0.3) is 0 Å². The van der Waals surface area contributed by atoms with Crippen LogP contribution in [0.1, 0.15) is 0 Å². The molecule has 0 spiro atoms. The third-order valence-electron chi connectivity index (χ3n) is 6.26. The van der Waals surface area contributed by atoms with Crippen molar-refractivity contribution in [3.63, 3.8) is 0 Å². The standard InChI is InChI=1S/C18H26Br2Si3/c1-21(2,17-11-7-15(19)8-12-17)23(5,6)22(3,4)18-13-9-16(20)10-14-18/h7-14H,1-6H3. The summed E-state index contributed by atoms with van der Waals surface area (Å²) in [5.41, 5.74) is 0. The van der Waals surface area contributed by atoms with Crippen LogP contribution in [0.2, 0.25) is 39.3 Å². The Hall–Kier alpha value is 0.0506. The van der Waals surface area contributed by atoms with Gasteiger partial charge in [-0.05, 0) is 24.3 Å². The first-order valence-corrected chi connectivity index (χ1v) is 20.6. The van der Waals surface area contributed by atoms with Gasteiger partial charge in [-0.25, -0.2) is 0 Å². The molecular weight excluding hydrogens is 460 g/mol. The van der Waals surface area contributed by atoms with E-state index < -0.39 is 22.3 Å². The van der Waals surface area contributed by atoms with Crippen LogP contribution >= 0.6 is 31.9 Å². The third-order valence-corrected chi connectivity index (χ3v) is 48.8. The molecule has 0 saturated carbocycles. The summed E-state index contributed by atoms with van der Waals surface area (Å²) in [4.78, 5) is 0. The molecule has 0 amide bonds. The first kappa shape index (κ1) is 19.4. The zero-order valence-electron chi connectivity index (χ0n) is 14.9. The topological polar surface area (TPSA) is 0 Å². The maximum absolute atomic E-state index is 3.58. The van der Waals surface area contributed by atoms with Gasteiger partial charge in [0, 0.05) is 16.1 Å². The van der Waals surface area contributed by atoms with Crippen molar-refractivity contribution in [2.45, 2.75) is 39.3 Å². The maximum Gasteiger partial charge on any atom is 0.0717 e. The Morgan fingerprint density at radius 2 is 0.783 bits per heavy atom. The van der Waals surface area contributed by atoms with Crippen LogP contribution in [0.5, 0.6) is 0 Å². The number of hydrogen-bond donors (Lipinski definition) is 0. The number of rotatable bonds is 4. The molecule has 0 saturated heterocycles. The average Bonchev–Trinajstić information content (AvgIpc) is 2.47. The molecular formula is C18H26Br2Si3. The third kappa shape index (κ3) is 3.54. The summed E-state index contributed by atoms with van der Waals surface area (Å²) in [6, 6.07) is 18.3. The van der Waals surface area contributed by atoms with Crippen LogP contribution in [0.4, 0.5) is 0 Å². The Morgan fingerprint density at radius 1 is 0.522 bits per heavy atom. The predicted octanol–water partition coefficient (Wildman–Crippen LogP) is 5.61. The van der Waals surface area contributed by atoms with E-state index in [4.69, 9.17) is 0 Å². The van der Waals surface area contributed by atoms with Crippen molar-refractivity contribution in [1.29, 1.82) is 0 Å². The highest BCUT2D eigenvalue weighted by Crippen LogP contribution is 2.29. The van der Waals surface area contributed by atoms with Gasteiger partial charge in [0.15, 0.2) is 0 Å². The molecule has 2 aromatic rings. The van der Waals surface area contributed by atoms with E-state index in [1.54, 1.807) is 10.4 Å². The van der Waals surface area contributed by atoms with Crippen molar-refractivity contribution in [2.24, 2.45) is 0 Å². The van der Waals surface area contributed by atoms with Crippen molar-refractivity contribution in [2.75, 3.05) is 0 Å². The van der Waals surface area contributed by atoms with Crippen molar-refractivity contribution in [3.8, 4) is 0 Å². The summed E-state index contributed by atoms with van der Waals surface area (Å²) >= 11 is 7.15. The van der Waals surface area contributed by atoms with E-state index in [0.29, 0.717) is 0 Å². The van der Waals surface area contributed by atoms with Gasteiger partial charge >= 0.3 is 0 Å². The SMILES string of the molecule is C[Si](C)(c1ccc(Br)cc1)[Si](C)(C)[Si](C)(C)c1ccc(Br)cc1. The van der Waals surface area contributed by atoms with E-state index in [9.17, 15) is 0 Å². The molecule has 5 heteroatoms. The average molecular weight is 486 g/mol. The lowest BCUT2D eigenvalue weighted by molar-refractivity contribution is 1.65. The molecule has 2 aromatic carbocycles. The van der Waals surface area contributed by atoms with Gasteiger partial charge in [-0.15, -0.1) is 0 Å². The zero-order chi connectivity index (χ0) is 17.5. The van der Waals surface area contributed by atoms with Gasteiger partial charge in [0.2, 0.25) is 0 Å². The lowest BCUT2D eigenvalue weighted by Crippen LogP contribution is -2.78. The minimum atomic E-state index is -1.49. The quantitative estimate of drug-likeness (QED) is 0.493. The largest absolute Gasteiger partial charge is 0.0725 e. The lowest BCUT2D eigenvalue weighted by Gasteiger charge is -2.49. The van der Waals surface area contributed by atoms with Gasteiger partial charge in [0.1, 0.15) is 0 Å². The Labute approximate surface area is 160 Å². The van der Waals surface area contributed by atoms with Gasteiger partial charge in [0.25, 0.3) is 0 Å². The van der Waals surface area contributed by atoms with Crippen LogP contribution in [0.15, 0.2) is 57.5 Å². The van der Waals surface area contributed by atoms with Crippen LogP contribution in [0.3, 0.4) is 0 Å². The highest BCUT2D eigenvalue weighted by Gasteiger charge is 2.53. The van der Waals surface area contributed by atoms with Crippen molar-refractivity contribution in [3.05, 3.63) is 57.5 Å². The van der Waals surface area contributed by atoms with E-state index in [1.165, 1.54) is 8.95 Å². The van der Waals surface area contributed by atoms with Crippen LogP contribution < -0.4 is 10.4 Å². The summed E-state index contributed by atoms with van der Waals surface area (Å²) < 4.78 is 2.35. The molecule has 0 aliphatic rings. The van der Waals surface area contributed by atoms with Gasteiger partial charge in [-0.3, -0.25) is 0 Å². The maximum atomic E-state index is 3.58. The molecule has 2 rings (SSSR count). The molecule has 0 aliphatic heterocycles. The normalized spacial score (nSPS) is 13.2. The smallest absolute Gasteiger partial charge is 0.0717 e. The fraction of sp³-hybridized carbons (Fsp3) is 0.333. The summed E-state index contributed by atoms with van der Waals surface area (Å²) in [6.45, 7) is 15.7. The molecule has 0 fully saturated rings. The number of benzene rings is 2. The van der Waals surface area contributed by atoms with E-state index in [2.05, 4.69) is 120 Å². The van der Waals surface area contributed by atoms with E-state index >= 15 is 0 Å². The summed E-state index contributed by atoms with van der Waals surface area (Å²) in [5.74, 6) is 0. The van der Waals surface area contributed by atoms with Crippen molar-refractivity contribution < 1.29 is 0 Å². The van der Waals surface area contributed by atoms with E-state index in [-0.39, 0.29) is 0 Å². The molecule has 0 aliphatic carbocycles. The van der Waals surface area contributed by atoms with Crippen LogP contribution in [-0.4, -0.2) is 22.3 Å². The zero-order valence-corrected chi connectivity index (χ0v) is 21.0.